The number of alkyl halides is 6. The topological polar surface area (TPSA) is 46.2 Å². The summed E-state index contributed by atoms with van der Waals surface area (Å²) in [4.78, 5) is 0. The summed E-state index contributed by atoms with van der Waals surface area (Å²) < 4.78 is 76.2. The summed E-state index contributed by atoms with van der Waals surface area (Å²) in [6.07, 6.45) is -11.8. The summed E-state index contributed by atoms with van der Waals surface area (Å²) in [5.41, 5.74) is -1.01. The van der Waals surface area contributed by atoms with Crippen LogP contribution in [0.1, 0.15) is 16.7 Å². The molecule has 1 aromatic carbocycles. The fourth-order valence-corrected chi connectivity index (χ4v) is 1.70. The third-order valence-electron chi connectivity index (χ3n) is 3.04. The van der Waals surface area contributed by atoms with E-state index in [0.717, 1.165) is 13.0 Å². The SMILES string of the molecule is Cc1c(N)ccc(C(O)(C(F)(F)F)C(F)(F)F)c1C. The Balaban J connectivity index is 3.67. The Hall–Kier alpha value is -1.44. The minimum atomic E-state index is -5.89. The van der Waals surface area contributed by atoms with E-state index in [1.54, 1.807) is 0 Å². The fourth-order valence-electron chi connectivity index (χ4n) is 1.70. The fraction of sp³-hybridized carbons (Fsp3) is 0.455. The smallest absolute Gasteiger partial charge is 0.399 e. The van der Waals surface area contributed by atoms with Crippen molar-refractivity contribution >= 4 is 5.69 Å². The van der Waals surface area contributed by atoms with Gasteiger partial charge in [0.05, 0.1) is 0 Å². The summed E-state index contributed by atoms with van der Waals surface area (Å²) >= 11 is 0. The second-order valence-corrected chi connectivity index (χ2v) is 4.16. The molecular formula is C11H11F6NO. The van der Waals surface area contributed by atoms with Crippen LogP contribution in [-0.4, -0.2) is 17.5 Å². The zero-order chi connectivity index (χ0) is 15.2. The number of nitrogens with two attached hydrogens (primary N) is 1. The molecule has 0 heterocycles. The van der Waals surface area contributed by atoms with Crippen LogP contribution < -0.4 is 5.73 Å². The number of nitrogen functional groups attached to an aromatic ring is 1. The number of aliphatic hydroxyl groups is 1. The van der Waals surface area contributed by atoms with E-state index in [1.807, 2.05) is 0 Å². The van der Waals surface area contributed by atoms with Crippen molar-refractivity contribution in [2.24, 2.45) is 0 Å². The molecule has 0 saturated carbocycles. The summed E-state index contributed by atoms with van der Waals surface area (Å²) in [6, 6.07) is 1.44. The molecule has 2 nitrogen and oxygen atoms in total. The average Bonchev–Trinajstić information content (AvgIpc) is 2.22. The van der Waals surface area contributed by atoms with E-state index in [9.17, 15) is 31.4 Å². The first-order chi connectivity index (χ1) is 8.34. The maximum atomic E-state index is 12.7. The normalized spacial score (nSPS) is 13.7. The van der Waals surface area contributed by atoms with E-state index in [0.29, 0.717) is 6.07 Å². The molecule has 0 radical (unpaired) electrons. The number of anilines is 1. The van der Waals surface area contributed by atoms with E-state index < -0.39 is 23.5 Å². The van der Waals surface area contributed by atoms with Gasteiger partial charge in [-0.3, -0.25) is 0 Å². The van der Waals surface area contributed by atoms with Crippen molar-refractivity contribution in [1.29, 1.82) is 0 Å². The van der Waals surface area contributed by atoms with Gasteiger partial charge in [-0.15, -0.1) is 0 Å². The van der Waals surface area contributed by atoms with Crippen LogP contribution in [0.4, 0.5) is 32.0 Å². The van der Waals surface area contributed by atoms with Gasteiger partial charge >= 0.3 is 12.4 Å². The van der Waals surface area contributed by atoms with Gasteiger partial charge in [0.25, 0.3) is 5.60 Å². The maximum Gasteiger partial charge on any atom is 0.430 e. The number of hydrogen-bond acceptors (Lipinski definition) is 2. The van der Waals surface area contributed by atoms with Crippen molar-refractivity contribution in [2.75, 3.05) is 5.73 Å². The third-order valence-corrected chi connectivity index (χ3v) is 3.04. The van der Waals surface area contributed by atoms with Gasteiger partial charge in [-0.25, -0.2) is 0 Å². The average molecular weight is 287 g/mol. The Morgan fingerprint density at radius 2 is 1.32 bits per heavy atom. The zero-order valence-electron chi connectivity index (χ0n) is 9.95. The van der Waals surface area contributed by atoms with Crippen molar-refractivity contribution in [3.05, 3.63) is 28.8 Å². The molecule has 0 bridgehead atoms. The highest BCUT2D eigenvalue weighted by Gasteiger charge is 2.71. The highest BCUT2D eigenvalue weighted by atomic mass is 19.4. The molecule has 0 saturated heterocycles. The molecule has 0 aliphatic heterocycles. The molecule has 3 N–H and O–H groups in total. The number of rotatable bonds is 1. The molecule has 0 spiro atoms. The molecular weight excluding hydrogens is 276 g/mol. The van der Waals surface area contributed by atoms with Gasteiger partial charge < -0.3 is 10.8 Å². The van der Waals surface area contributed by atoms with Gasteiger partial charge in [0.2, 0.25) is 0 Å². The molecule has 19 heavy (non-hydrogen) atoms. The van der Waals surface area contributed by atoms with Crippen LogP contribution >= 0.6 is 0 Å². The Bertz CT molecular complexity index is 477. The lowest BCUT2D eigenvalue weighted by Crippen LogP contribution is -2.54. The predicted molar refractivity (Wildman–Crippen MR) is 56.3 cm³/mol. The minimum Gasteiger partial charge on any atom is -0.399 e. The Kier molecular flexibility index (Phi) is 3.53. The molecule has 8 heteroatoms. The van der Waals surface area contributed by atoms with Gasteiger partial charge in [0.1, 0.15) is 0 Å². The predicted octanol–water partition coefficient (Wildman–Crippen LogP) is 3.20. The number of halogens is 6. The van der Waals surface area contributed by atoms with Crippen LogP contribution in [0.25, 0.3) is 0 Å². The largest absolute Gasteiger partial charge is 0.430 e. The first kappa shape index (κ1) is 15.6. The molecule has 0 unspecified atom stereocenters. The molecule has 0 atom stereocenters. The van der Waals surface area contributed by atoms with Crippen molar-refractivity contribution in [3.8, 4) is 0 Å². The molecule has 108 valence electrons. The van der Waals surface area contributed by atoms with E-state index in [1.165, 1.54) is 6.92 Å². The highest BCUT2D eigenvalue weighted by Crippen LogP contribution is 2.51. The molecule has 1 rings (SSSR count). The summed E-state index contributed by atoms with van der Waals surface area (Å²) in [5, 5.41) is 9.26. The van der Waals surface area contributed by atoms with Crippen LogP contribution in [0.2, 0.25) is 0 Å². The van der Waals surface area contributed by atoms with Crippen LogP contribution in [-0.2, 0) is 5.60 Å². The van der Waals surface area contributed by atoms with Crippen LogP contribution in [0.5, 0.6) is 0 Å². The molecule has 0 aliphatic rings. The summed E-state index contributed by atoms with van der Waals surface area (Å²) in [7, 11) is 0. The van der Waals surface area contributed by atoms with E-state index >= 15 is 0 Å². The minimum absolute atomic E-state index is 0.0490. The summed E-state index contributed by atoms with van der Waals surface area (Å²) in [5.74, 6) is 0. The highest BCUT2D eigenvalue weighted by molar-refractivity contribution is 5.54. The molecule has 0 amide bonds. The molecule has 0 aromatic heterocycles. The van der Waals surface area contributed by atoms with E-state index in [4.69, 9.17) is 5.73 Å². The number of benzene rings is 1. The van der Waals surface area contributed by atoms with E-state index in [-0.39, 0.29) is 16.8 Å². The quantitative estimate of drug-likeness (QED) is 0.615. The molecule has 0 aliphatic carbocycles. The van der Waals surface area contributed by atoms with Crippen molar-refractivity contribution in [2.45, 2.75) is 31.8 Å². The van der Waals surface area contributed by atoms with Crippen molar-refractivity contribution < 1.29 is 31.4 Å². The monoisotopic (exact) mass is 287 g/mol. The lowest BCUT2D eigenvalue weighted by atomic mass is 9.86. The molecule has 1 aromatic rings. The van der Waals surface area contributed by atoms with Gasteiger partial charge in [-0.05, 0) is 31.0 Å². The zero-order valence-corrected chi connectivity index (χ0v) is 9.95. The van der Waals surface area contributed by atoms with Crippen LogP contribution in [0.3, 0.4) is 0 Å². The second kappa shape index (κ2) is 4.29. The van der Waals surface area contributed by atoms with Crippen molar-refractivity contribution in [3.63, 3.8) is 0 Å². The Morgan fingerprint density at radius 3 is 1.68 bits per heavy atom. The van der Waals surface area contributed by atoms with Gasteiger partial charge in [-0.2, -0.15) is 26.3 Å². The number of hydrogen-bond donors (Lipinski definition) is 2. The standard InChI is InChI=1S/C11H11F6NO/c1-5-6(2)8(18)4-3-7(5)9(19,10(12,13)14)11(15,16)17/h3-4,19H,18H2,1-2H3. The second-order valence-electron chi connectivity index (χ2n) is 4.16. The third kappa shape index (κ3) is 2.24. The van der Waals surface area contributed by atoms with Gasteiger partial charge in [0, 0.05) is 11.3 Å². The maximum absolute atomic E-state index is 12.7. The Labute approximate surface area is 104 Å². The van der Waals surface area contributed by atoms with Gasteiger partial charge in [0.15, 0.2) is 0 Å². The first-order valence-electron chi connectivity index (χ1n) is 5.06. The van der Waals surface area contributed by atoms with Crippen LogP contribution in [0.15, 0.2) is 12.1 Å². The lowest BCUT2D eigenvalue weighted by Gasteiger charge is -2.34. The first-order valence-corrected chi connectivity index (χ1v) is 5.06. The van der Waals surface area contributed by atoms with Crippen LogP contribution in [0, 0.1) is 13.8 Å². The van der Waals surface area contributed by atoms with Crippen molar-refractivity contribution in [1.82, 2.24) is 0 Å². The Morgan fingerprint density at radius 1 is 0.895 bits per heavy atom. The van der Waals surface area contributed by atoms with E-state index in [2.05, 4.69) is 0 Å². The molecule has 0 fully saturated rings. The van der Waals surface area contributed by atoms with Gasteiger partial charge in [-0.1, -0.05) is 6.07 Å². The lowest BCUT2D eigenvalue weighted by molar-refractivity contribution is -0.376. The summed E-state index contributed by atoms with van der Waals surface area (Å²) in [6.45, 7) is 2.32.